The van der Waals surface area contributed by atoms with Crippen molar-refractivity contribution in [3.63, 3.8) is 0 Å². The highest BCUT2D eigenvalue weighted by atomic mass is 32.2. The van der Waals surface area contributed by atoms with Crippen molar-refractivity contribution in [2.75, 3.05) is 31.1 Å². The van der Waals surface area contributed by atoms with Gasteiger partial charge in [-0.2, -0.15) is 4.31 Å². The van der Waals surface area contributed by atoms with E-state index in [2.05, 4.69) is 17.0 Å². The highest BCUT2D eigenvalue weighted by Gasteiger charge is 2.27. The highest BCUT2D eigenvalue weighted by molar-refractivity contribution is 7.89. The number of carbonyl (C=O) groups is 1. The maximum Gasteiger partial charge on any atom is 0.243 e. The Morgan fingerprint density at radius 2 is 1.37 bits per heavy atom. The first-order valence-corrected chi connectivity index (χ1v) is 12.2. The zero-order valence-corrected chi connectivity index (χ0v) is 18.0. The van der Waals surface area contributed by atoms with Crippen molar-refractivity contribution in [2.24, 2.45) is 0 Å². The van der Waals surface area contributed by atoms with Crippen LogP contribution in [0.5, 0.6) is 0 Å². The Hall–Kier alpha value is -2.44. The van der Waals surface area contributed by atoms with E-state index >= 15 is 0 Å². The number of hydrogen-bond donors (Lipinski definition) is 0. The van der Waals surface area contributed by atoms with E-state index in [0.717, 1.165) is 31.5 Å². The molecule has 158 valence electrons. The maximum absolute atomic E-state index is 12.6. The third-order valence-corrected chi connectivity index (χ3v) is 7.80. The van der Waals surface area contributed by atoms with Crippen molar-refractivity contribution in [2.45, 2.75) is 37.0 Å². The monoisotopic (exact) mass is 424 g/mol. The third kappa shape index (κ3) is 4.65. The predicted molar refractivity (Wildman–Crippen MR) is 120 cm³/mol. The molecule has 30 heavy (non-hydrogen) atoms. The summed E-state index contributed by atoms with van der Waals surface area (Å²) in [6.07, 6.45) is 8.95. The third-order valence-electron chi connectivity index (χ3n) is 5.88. The number of piperidine rings is 1. The standard InChI is InChI=1S/C24H28N2O3S/c27-24(15-8-20-6-11-22(12-7-20)25-16-2-1-3-17-25)21-9-13-23(14-10-21)30(28,29)26-18-4-5-19-26/h6-15H,1-5,16-19H2. The van der Waals surface area contributed by atoms with Crippen LogP contribution in [0.1, 0.15) is 48.0 Å². The van der Waals surface area contributed by atoms with Crippen LogP contribution in [0.4, 0.5) is 5.69 Å². The number of hydrogen-bond acceptors (Lipinski definition) is 4. The highest BCUT2D eigenvalue weighted by Crippen LogP contribution is 2.22. The Kier molecular flexibility index (Phi) is 6.35. The normalized spacial score (nSPS) is 18.2. The van der Waals surface area contributed by atoms with Crippen molar-refractivity contribution >= 4 is 27.6 Å². The van der Waals surface area contributed by atoms with Crippen LogP contribution < -0.4 is 4.90 Å². The van der Waals surface area contributed by atoms with Crippen LogP contribution in [0, 0.1) is 0 Å². The topological polar surface area (TPSA) is 57.7 Å². The largest absolute Gasteiger partial charge is 0.372 e. The van der Waals surface area contributed by atoms with Gasteiger partial charge in [-0.25, -0.2) is 8.42 Å². The summed E-state index contributed by atoms with van der Waals surface area (Å²) in [6.45, 7) is 3.36. The van der Waals surface area contributed by atoms with E-state index in [1.807, 2.05) is 12.1 Å². The second kappa shape index (κ2) is 9.14. The average molecular weight is 425 g/mol. The first-order valence-electron chi connectivity index (χ1n) is 10.7. The average Bonchev–Trinajstić information content (AvgIpc) is 3.34. The van der Waals surface area contributed by atoms with Gasteiger partial charge in [0.1, 0.15) is 0 Å². The molecule has 0 radical (unpaired) electrons. The van der Waals surface area contributed by atoms with Crippen LogP contribution in [0.25, 0.3) is 6.08 Å². The number of ketones is 1. The molecule has 0 amide bonds. The number of sulfonamides is 1. The number of anilines is 1. The first kappa shape index (κ1) is 20.8. The van der Waals surface area contributed by atoms with Gasteiger partial charge in [0, 0.05) is 37.4 Å². The lowest BCUT2D eigenvalue weighted by atomic mass is 10.1. The zero-order valence-electron chi connectivity index (χ0n) is 17.2. The Labute approximate surface area is 179 Å². The molecule has 0 unspecified atom stereocenters. The molecule has 0 saturated carbocycles. The zero-order chi connectivity index (χ0) is 21.0. The smallest absolute Gasteiger partial charge is 0.243 e. The van der Waals surface area contributed by atoms with Gasteiger partial charge in [0.2, 0.25) is 10.0 Å². The Bertz CT molecular complexity index is 999. The summed E-state index contributed by atoms with van der Waals surface area (Å²) in [6, 6.07) is 14.5. The van der Waals surface area contributed by atoms with Gasteiger partial charge >= 0.3 is 0 Å². The van der Waals surface area contributed by atoms with Gasteiger partial charge in [-0.15, -0.1) is 0 Å². The van der Waals surface area contributed by atoms with Crippen molar-refractivity contribution in [1.82, 2.24) is 4.31 Å². The summed E-state index contributed by atoms with van der Waals surface area (Å²) in [4.78, 5) is 15.1. The van der Waals surface area contributed by atoms with Gasteiger partial charge < -0.3 is 4.90 Å². The fourth-order valence-corrected chi connectivity index (χ4v) is 5.60. The second-order valence-corrected chi connectivity index (χ2v) is 9.91. The van der Waals surface area contributed by atoms with Gasteiger partial charge in [-0.3, -0.25) is 4.79 Å². The van der Waals surface area contributed by atoms with E-state index in [1.54, 1.807) is 24.3 Å². The Balaban J connectivity index is 1.40. The molecule has 5 nitrogen and oxygen atoms in total. The molecule has 0 bridgehead atoms. The summed E-state index contributed by atoms with van der Waals surface area (Å²) >= 11 is 0. The minimum Gasteiger partial charge on any atom is -0.372 e. The molecule has 2 fully saturated rings. The summed E-state index contributed by atoms with van der Waals surface area (Å²) in [5.41, 5.74) is 2.68. The van der Waals surface area contributed by atoms with Gasteiger partial charge in [0.15, 0.2) is 5.78 Å². The molecular weight excluding hydrogens is 396 g/mol. The van der Waals surface area contributed by atoms with E-state index in [0.29, 0.717) is 18.7 Å². The fourth-order valence-electron chi connectivity index (χ4n) is 4.09. The lowest BCUT2D eigenvalue weighted by Crippen LogP contribution is -2.29. The van der Waals surface area contributed by atoms with Crippen LogP contribution in [0.3, 0.4) is 0 Å². The minimum atomic E-state index is -3.45. The molecule has 0 N–H and O–H groups in total. The van der Waals surface area contributed by atoms with E-state index in [-0.39, 0.29) is 10.7 Å². The lowest BCUT2D eigenvalue weighted by molar-refractivity contribution is 0.104. The van der Waals surface area contributed by atoms with E-state index in [4.69, 9.17) is 0 Å². The quantitative estimate of drug-likeness (QED) is 0.511. The number of nitrogens with zero attached hydrogens (tertiary/aromatic N) is 2. The number of rotatable bonds is 6. The molecule has 2 aliphatic heterocycles. The van der Waals surface area contributed by atoms with Gasteiger partial charge in [-0.1, -0.05) is 18.2 Å². The summed E-state index contributed by atoms with van der Waals surface area (Å²) in [5.74, 6) is -0.139. The van der Waals surface area contributed by atoms with E-state index in [9.17, 15) is 13.2 Å². The summed E-state index contributed by atoms with van der Waals surface area (Å²) in [7, 11) is -3.45. The van der Waals surface area contributed by atoms with Crippen LogP contribution >= 0.6 is 0 Å². The molecule has 0 aliphatic carbocycles. The van der Waals surface area contributed by atoms with Crippen LogP contribution in [-0.2, 0) is 10.0 Å². The molecule has 6 heteroatoms. The van der Waals surface area contributed by atoms with Crippen molar-refractivity contribution < 1.29 is 13.2 Å². The molecule has 0 aromatic heterocycles. The van der Waals surface area contributed by atoms with Gasteiger partial charge in [0.05, 0.1) is 4.90 Å². The molecule has 0 atom stereocenters. The SMILES string of the molecule is O=C(C=Cc1ccc(N2CCCCC2)cc1)c1ccc(S(=O)(=O)N2CCCC2)cc1. The molecule has 2 aromatic rings. The second-order valence-electron chi connectivity index (χ2n) is 7.97. The molecule has 4 rings (SSSR count). The molecule has 0 spiro atoms. The van der Waals surface area contributed by atoms with E-state index in [1.165, 1.54) is 41.4 Å². The molecule has 2 saturated heterocycles. The lowest BCUT2D eigenvalue weighted by Gasteiger charge is -2.28. The summed E-state index contributed by atoms with van der Waals surface area (Å²) < 4.78 is 26.7. The van der Waals surface area contributed by atoms with Crippen LogP contribution in [-0.4, -0.2) is 44.7 Å². The fraction of sp³-hybridized carbons (Fsp3) is 0.375. The minimum absolute atomic E-state index is 0.139. The van der Waals surface area contributed by atoms with E-state index < -0.39 is 10.0 Å². The maximum atomic E-state index is 12.6. The predicted octanol–water partition coefficient (Wildman–Crippen LogP) is 4.36. The van der Waals surface area contributed by atoms with Crippen LogP contribution in [0.15, 0.2) is 59.5 Å². The Morgan fingerprint density at radius 1 is 0.767 bits per heavy atom. The number of allylic oxidation sites excluding steroid dienone is 1. The van der Waals surface area contributed by atoms with Crippen molar-refractivity contribution in [3.05, 3.63) is 65.7 Å². The number of carbonyl (C=O) groups excluding carboxylic acids is 1. The molecule has 2 heterocycles. The summed E-state index contributed by atoms with van der Waals surface area (Å²) in [5, 5.41) is 0. The number of benzene rings is 2. The first-order chi connectivity index (χ1) is 14.5. The Morgan fingerprint density at radius 3 is 2.00 bits per heavy atom. The molecular formula is C24H28N2O3S. The molecule has 2 aromatic carbocycles. The van der Waals surface area contributed by atoms with Gasteiger partial charge in [0.25, 0.3) is 0 Å². The van der Waals surface area contributed by atoms with Crippen molar-refractivity contribution in [1.29, 1.82) is 0 Å². The van der Waals surface area contributed by atoms with Gasteiger partial charge in [-0.05, 0) is 80.1 Å². The molecule has 2 aliphatic rings. The van der Waals surface area contributed by atoms with Crippen molar-refractivity contribution in [3.8, 4) is 0 Å². The van der Waals surface area contributed by atoms with Crippen LogP contribution in [0.2, 0.25) is 0 Å².